The molecule has 1 aliphatic rings. The van der Waals surface area contributed by atoms with Crippen LogP contribution in [0.2, 0.25) is 0 Å². The lowest BCUT2D eigenvalue weighted by Crippen LogP contribution is -2.35. The van der Waals surface area contributed by atoms with Crippen molar-refractivity contribution >= 4 is 23.6 Å². The third kappa shape index (κ3) is 3.09. The van der Waals surface area contributed by atoms with Crippen molar-refractivity contribution in [1.82, 2.24) is 0 Å². The summed E-state index contributed by atoms with van der Waals surface area (Å²) in [6.07, 6.45) is 0.684. The maximum atomic E-state index is 13.0. The molecule has 0 amide bonds. The van der Waals surface area contributed by atoms with Crippen molar-refractivity contribution in [2.45, 2.75) is 11.3 Å². The first-order valence-electron chi connectivity index (χ1n) is 7.04. The topological polar surface area (TPSA) is 29.5 Å². The van der Waals surface area contributed by atoms with Crippen molar-refractivity contribution in [2.24, 2.45) is 5.92 Å². The molecule has 2 aromatic carbocycles. The highest BCUT2D eigenvalue weighted by Gasteiger charge is 2.30. The molecule has 22 heavy (non-hydrogen) atoms. The summed E-state index contributed by atoms with van der Waals surface area (Å²) in [4.78, 5) is 12.8. The Hall–Kier alpha value is -2.01. The molecule has 1 aliphatic heterocycles. The van der Waals surface area contributed by atoms with Crippen LogP contribution in [-0.2, 0) is 16.0 Å². The van der Waals surface area contributed by atoms with Crippen molar-refractivity contribution in [3.8, 4) is 0 Å². The van der Waals surface area contributed by atoms with Crippen LogP contribution in [0.25, 0.3) is 0 Å². The highest BCUT2D eigenvalue weighted by Crippen LogP contribution is 2.37. The van der Waals surface area contributed by atoms with Crippen molar-refractivity contribution in [1.29, 1.82) is 0 Å². The Kier molecular flexibility index (Phi) is 4.34. The second kappa shape index (κ2) is 6.40. The van der Waals surface area contributed by atoms with Crippen molar-refractivity contribution in [3.05, 3.63) is 59.9 Å². The summed E-state index contributed by atoms with van der Waals surface area (Å²) < 4.78 is 20.0. The summed E-state index contributed by atoms with van der Waals surface area (Å²) in [5, 5.41) is 0. The Morgan fingerprint density at radius 1 is 1.23 bits per heavy atom. The van der Waals surface area contributed by atoms with Gasteiger partial charge in [0.15, 0.2) is 0 Å². The fourth-order valence-electron chi connectivity index (χ4n) is 2.59. The van der Waals surface area contributed by atoms with E-state index in [4.69, 9.17) is 4.74 Å². The summed E-state index contributed by atoms with van der Waals surface area (Å²) in [7, 11) is 1.42. The molecule has 0 bridgehead atoms. The van der Waals surface area contributed by atoms with E-state index in [1.165, 1.54) is 31.2 Å². The van der Waals surface area contributed by atoms with Crippen molar-refractivity contribution in [2.75, 3.05) is 18.0 Å². The summed E-state index contributed by atoms with van der Waals surface area (Å²) in [6.45, 7) is 0.575. The first-order valence-corrected chi connectivity index (χ1v) is 7.81. The number of carbonyl (C=O) groups is 1. The molecule has 0 aliphatic carbocycles. The second-order valence-corrected chi connectivity index (χ2v) is 6.25. The van der Waals surface area contributed by atoms with E-state index in [9.17, 15) is 9.18 Å². The Bertz CT molecular complexity index is 675. The fraction of sp³-hybridized carbons (Fsp3) is 0.235. The Labute approximate surface area is 133 Å². The normalized spacial score (nSPS) is 17.0. The van der Waals surface area contributed by atoms with E-state index in [0.717, 1.165) is 16.1 Å². The van der Waals surface area contributed by atoms with Gasteiger partial charge < -0.3 is 9.04 Å². The van der Waals surface area contributed by atoms with E-state index >= 15 is 0 Å². The predicted octanol–water partition coefficient (Wildman–Crippen LogP) is 3.68. The number of anilines is 1. The van der Waals surface area contributed by atoms with Crippen LogP contribution in [-0.4, -0.2) is 19.6 Å². The van der Waals surface area contributed by atoms with Gasteiger partial charge in [0.25, 0.3) is 0 Å². The molecule has 0 N–H and O–H groups in total. The SMILES string of the molecule is COC(=O)C1Cc2ccccc2N(Sc2ccc(F)cc2)C1. The quantitative estimate of drug-likeness (QED) is 0.638. The van der Waals surface area contributed by atoms with Crippen LogP contribution in [0.5, 0.6) is 0 Å². The lowest BCUT2D eigenvalue weighted by molar-refractivity contribution is -0.145. The number of nitrogens with zero attached hydrogens (tertiary/aromatic N) is 1. The van der Waals surface area contributed by atoms with Gasteiger partial charge in [-0.1, -0.05) is 18.2 Å². The molecule has 0 spiro atoms. The molecule has 1 heterocycles. The fourth-order valence-corrected chi connectivity index (χ4v) is 3.63. The maximum Gasteiger partial charge on any atom is 0.310 e. The van der Waals surface area contributed by atoms with Gasteiger partial charge in [0.2, 0.25) is 0 Å². The minimum absolute atomic E-state index is 0.187. The van der Waals surface area contributed by atoms with Crippen molar-refractivity contribution < 1.29 is 13.9 Å². The van der Waals surface area contributed by atoms with Crippen LogP contribution in [0.3, 0.4) is 0 Å². The monoisotopic (exact) mass is 317 g/mol. The van der Waals surface area contributed by atoms with E-state index in [2.05, 4.69) is 4.31 Å². The van der Waals surface area contributed by atoms with Gasteiger partial charge in [-0.2, -0.15) is 0 Å². The molecule has 2 aromatic rings. The standard InChI is InChI=1S/C17H16FNO2S/c1-21-17(20)13-10-12-4-2-3-5-16(12)19(11-13)22-15-8-6-14(18)7-9-15/h2-9,13H,10-11H2,1H3. The Morgan fingerprint density at radius 2 is 1.95 bits per heavy atom. The number of esters is 1. The number of fused-ring (bicyclic) bond motifs is 1. The molecule has 114 valence electrons. The van der Waals surface area contributed by atoms with E-state index in [1.54, 1.807) is 12.1 Å². The van der Waals surface area contributed by atoms with Crippen LogP contribution in [0.1, 0.15) is 5.56 Å². The van der Waals surface area contributed by atoms with Crippen LogP contribution in [0.15, 0.2) is 53.4 Å². The highest BCUT2D eigenvalue weighted by molar-refractivity contribution is 8.00. The first kappa shape index (κ1) is 14.9. The Morgan fingerprint density at radius 3 is 2.68 bits per heavy atom. The number of rotatable bonds is 3. The minimum atomic E-state index is -0.254. The van der Waals surface area contributed by atoms with Crippen molar-refractivity contribution in [3.63, 3.8) is 0 Å². The van der Waals surface area contributed by atoms with Gasteiger partial charge in [-0.15, -0.1) is 0 Å². The van der Waals surface area contributed by atoms with Gasteiger partial charge in [-0.25, -0.2) is 4.39 Å². The van der Waals surface area contributed by atoms with Crippen LogP contribution < -0.4 is 4.31 Å². The number of ether oxygens (including phenoxy) is 1. The minimum Gasteiger partial charge on any atom is -0.469 e. The number of carbonyl (C=O) groups excluding carboxylic acids is 1. The lowest BCUT2D eigenvalue weighted by Gasteiger charge is -2.33. The largest absolute Gasteiger partial charge is 0.469 e. The van der Waals surface area contributed by atoms with Gasteiger partial charge in [-0.3, -0.25) is 4.79 Å². The van der Waals surface area contributed by atoms with Crippen LogP contribution in [0, 0.1) is 11.7 Å². The van der Waals surface area contributed by atoms with E-state index < -0.39 is 0 Å². The third-order valence-electron chi connectivity index (χ3n) is 3.68. The number of para-hydroxylation sites is 1. The number of methoxy groups -OCH3 is 1. The molecule has 0 fully saturated rings. The summed E-state index contributed by atoms with van der Waals surface area (Å²) in [6, 6.07) is 14.4. The molecule has 0 aromatic heterocycles. The average Bonchev–Trinajstić information content (AvgIpc) is 2.56. The summed E-state index contributed by atoms with van der Waals surface area (Å²) in [5.41, 5.74) is 2.22. The maximum absolute atomic E-state index is 13.0. The average molecular weight is 317 g/mol. The Balaban J connectivity index is 1.88. The van der Waals surface area contributed by atoms with Gasteiger partial charge >= 0.3 is 5.97 Å². The molecule has 0 saturated heterocycles. The van der Waals surface area contributed by atoms with E-state index in [-0.39, 0.29) is 17.7 Å². The zero-order valence-corrected chi connectivity index (χ0v) is 13.0. The number of hydrogen-bond acceptors (Lipinski definition) is 4. The molecule has 0 radical (unpaired) electrons. The molecule has 0 saturated carbocycles. The molecule has 1 unspecified atom stereocenters. The van der Waals surface area contributed by atoms with Gasteiger partial charge in [0.1, 0.15) is 5.82 Å². The molecular formula is C17H16FNO2S. The second-order valence-electron chi connectivity index (χ2n) is 5.16. The molecular weight excluding hydrogens is 301 g/mol. The molecule has 1 atom stereocenters. The molecule has 3 rings (SSSR count). The van der Waals surface area contributed by atoms with Gasteiger partial charge in [0, 0.05) is 11.4 Å². The first-order chi connectivity index (χ1) is 10.7. The molecule has 3 nitrogen and oxygen atoms in total. The summed E-state index contributed by atoms with van der Waals surface area (Å²) >= 11 is 1.51. The zero-order chi connectivity index (χ0) is 15.5. The predicted molar refractivity (Wildman–Crippen MR) is 85.3 cm³/mol. The molecule has 5 heteroatoms. The van der Waals surface area contributed by atoms with Gasteiger partial charge in [-0.05, 0) is 54.3 Å². The third-order valence-corrected chi connectivity index (χ3v) is 4.73. The lowest BCUT2D eigenvalue weighted by atomic mass is 9.94. The zero-order valence-electron chi connectivity index (χ0n) is 12.2. The van der Waals surface area contributed by atoms with Crippen LogP contribution in [0.4, 0.5) is 10.1 Å². The number of benzene rings is 2. The van der Waals surface area contributed by atoms with Crippen LogP contribution >= 0.6 is 11.9 Å². The van der Waals surface area contributed by atoms with E-state index in [1.807, 2.05) is 24.3 Å². The van der Waals surface area contributed by atoms with E-state index in [0.29, 0.717) is 13.0 Å². The number of hydrogen-bond donors (Lipinski definition) is 0. The van der Waals surface area contributed by atoms with Gasteiger partial charge in [0.05, 0.1) is 18.7 Å². The smallest absolute Gasteiger partial charge is 0.310 e. The summed E-state index contributed by atoms with van der Waals surface area (Å²) in [5.74, 6) is -0.636. The number of halogens is 1. The highest BCUT2D eigenvalue weighted by atomic mass is 32.2.